The zero-order valence-electron chi connectivity index (χ0n) is 12.8. The van der Waals surface area contributed by atoms with E-state index in [0.717, 1.165) is 18.9 Å². The fourth-order valence-electron chi connectivity index (χ4n) is 2.79. The fraction of sp³-hybridized carbons (Fsp3) is 0.588. The monoisotopic (exact) mass is 291 g/mol. The highest BCUT2D eigenvalue weighted by molar-refractivity contribution is 5.90. The highest BCUT2D eigenvalue weighted by atomic mass is 16.5. The quantitative estimate of drug-likeness (QED) is 0.817. The maximum Gasteiger partial charge on any atom is 0.339 e. The molecule has 1 aromatic carbocycles. The zero-order valence-corrected chi connectivity index (χ0v) is 12.8. The predicted molar refractivity (Wildman–Crippen MR) is 83.0 cm³/mol. The number of benzene rings is 1. The summed E-state index contributed by atoms with van der Waals surface area (Å²) >= 11 is 0. The van der Waals surface area contributed by atoms with Crippen LogP contribution in [0.3, 0.4) is 0 Å². The molecule has 1 unspecified atom stereocenters. The van der Waals surface area contributed by atoms with Crippen LogP contribution in [0, 0.1) is 5.92 Å². The van der Waals surface area contributed by atoms with Crippen LogP contribution in [0.25, 0.3) is 0 Å². The molecule has 1 aliphatic heterocycles. The summed E-state index contributed by atoms with van der Waals surface area (Å²) in [5.41, 5.74) is 0.237. The zero-order chi connectivity index (χ0) is 15.1. The van der Waals surface area contributed by atoms with Crippen LogP contribution in [0.4, 0.5) is 0 Å². The Labute approximate surface area is 126 Å². The molecular formula is C17H25NO3. The van der Waals surface area contributed by atoms with E-state index in [2.05, 4.69) is 11.8 Å². The number of likely N-dealkylation sites (tertiary alicyclic amines) is 1. The normalized spacial score (nSPS) is 20.0. The molecule has 0 saturated carbocycles. The molecule has 0 amide bonds. The molecule has 1 heterocycles. The van der Waals surface area contributed by atoms with E-state index in [1.165, 1.54) is 32.4 Å². The van der Waals surface area contributed by atoms with Gasteiger partial charge in [-0.05, 0) is 56.8 Å². The molecule has 1 aromatic rings. The molecular weight excluding hydrogens is 266 g/mol. The van der Waals surface area contributed by atoms with E-state index in [9.17, 15) is 4.79 Å². The third kappa shape index (κ3) is 5.05. The highest BCUT2D eigenvalue weighted by Gasteiger charge is 2.13. The average molecular weight is 291 g/mol. The van der Waals surface area contributed by atoms with E-state index in [4.69, 9.17) is 9.84 Å². The van der Waals surface area contributed by atoms with Crippen molar-refractivity contribution < 1.29 is 14.6 Å². The van der Waals surface area contributed by atoms with Gasteiger partial charge in [-0.1, -0.05) is 19.1 Å². The van der Waals surface area contributed by atoms with Gasteiger partial charge in [0.15, 0.2) is 0 Å². The summed E-state index contributed by atoms with van der Waals surface area (Å²) in [7, 11) is 0. The summed E-state index contributed by atoms with van der Waals surface area (Å²) in [6, 6.07) is 6.82. The van der Waals surface area contributed by atoms with Gasteiger partial charge < -0.3 is 14.7 Å². The Balaban J connectivity index is 1.73. The number of hydrogen-bond acceptors (Lipinski definition) is 3. The minimum absolute atomic E-state index is 0.237. The van der Waals surface area contributed by atoms with Crippen LogP contribution < -0.4 is 4.74 Å². The summed E-state index contributed by atoms with van der Waals surface area (Å²) in [6.07, 6.45) is 4.83. The topological polar surface area (TPSA) is 49.8 Å². The summed E-state index contributed by atoms with van der Waals surface area (Å²) in [4.78, 5) is 13.6. The van der Waals surface area contributed by atoms with Crippen LogP contribution in [0.15, 0.2) is 24.3 Å². The van der Waals surface area contributed by atoms with Gasteiger partial charge in [0.25, 0.3) is 0 Å². The molecule has 2 rings (SSSR count). The largest absolute Gasteiger partial charge is 0.493 e. The molecule has 0 bridgehead atoms. The van der Waals surface area contributed by atoms with Crippen LogP contribution >= 0.6 is 0 Å². The number of carboxylic acid groups (broad SMARTS) is 1. The number of nitrogens with zero attached hydrogens (tertiary/aromatic N) is 1. The lowest BCUT2D eigenvalue weighted by Crippen LogP contribution is -2.27. The third-order valence-corrected chi connectivity index (χ3v) is 4.10. The van der Waals surface area contributed by atoms with Gasteiger partial charge >= 0.3 is 5.97 Å². The number of carbonyl (C=O) groups is 1. The van der Waals surface area contributed by atoms with Crippen molar-refractivity contribution in [3.8, 4) is 5.75 Å². The first kappa shape index (κ1) is 15.8. The Kier molecular flexibility index (Phi) is 6.05. The van der Waals surface area contributed by atoms with Crippen molar-refractivity contribution in [2.24, 2.45) is 5.92 Å². The molecule has 0 radical (unpaired) electrons. The van der Waals surface area contributed by atoms with Crippen LogP contribution in [0.2, 0.25) is 0 Å². The van der Waals surface area contributed by atoms with E-state index >= 15 is 0 Å². The first-order valence-corrected chi connectivity index (χ1v) is 7.84. The Hall–Kier alpha value is -1.55. The molecule has 1 fully saturated rings. The smallest absolute Gasteiger partial charge is 0.339 e. The summed E-state index contributed by atoms with van der Waals surface area (Å²) in [5.74, 6) is 0.371. The van der Waals surface area contributed by atoms with Crippen molar-refractivity contribution in [2.75, 3.05) is 26.2 Å². The second-order valence-electron chi connectivity index (χ2n) is 5.88. The molecule has 0 spiro atoms. The minimum Gasteiger partial charge on any atom is -0.493 e. The maximum atomic E-state index is 11.1. The molecule has 1 saturated heterocycles. The van der Waals surface area contributed by atoms with Gasteiger partial charge in [0.05, 0.1) is 6.61 Å². The number of hydrogen-bond donors (Lipinski definition) is 1. The van der Waals surface area contributed by atoms with Crippen molar-refractivity contribution in [1.82, 2.24) is 4.90 Å². The Morgan fingerprint density at radius 3 is 2.95 bits per heavy atom. The lowest BCUT2D eigenvalue weighted by Gasteiger charge is -2.20. The number of carboxylic acids is 1. The molecule has 0 aliphatic carbocycles. The second kappa shape index (κ2) is 8.03. The molecule has 4 nitrogen and oxygen atoms in total. The molecule has 1 atom stereocenters. The average Bonchev–Trinajstić information content (AvgIpc) is 2.68. The van der Waals surface area contributed by atoms with Gasteiger partial charge in [-0.3, -0.25) is 0 Å². The molecule has 4 heteroatoms. The standard InChI is InChI=1S/C17H25NO3/c1-14-6-4-10-18(12-9-14)11-5-13-21-16-8-3-2-7-15(16)17(19)20/h2-3,7-8,14H,4-6,9-13H2,1H3,(H,19,20). The lowest BCUT2D eigenvalue weighted by molar-refractivity contribution is 0.0692. The van der Waals surface area contributed by atoms with E-state index in [1.807, 2.05) is 0 Å². The van der Waals surface area contributed by atoms with Crippen LogP contribution in [-0.2, 0) is 0 Å². The minimum atomic E-state index is -0.938. The van der Waals surface area contributed by atoms with Crippen molar-refractivity contribution >= 4 is 5.97 Å². The fourth-order valence-corrected chi connectivity index (χ4v) is 2.79. The van der Waals surface area contributed by atoms with Crippen LogP contribution in [-0.4, -0.2) is 42.2 Å². The van der Waals surface area contributed by atoms with Crippen molar-refractivity contribution in [1.29, 1.82) is 0 Å². The second-order valence-corrected chi connectivity index (χ2v) is 5.88. The number of aromatic carboxylic acids is 1. The van der Waals surface area contributed by atoms with Gasteiger partial charge in [-0.2, -0.15) is 0 Å². The number of rotatable bonds is 6. The first-order valence-electron chi connectivity index (χ1n) is 7.84. The summed E-state index contributed by atoms with van der Waals surface area (Å²) in [6.45, 7) is 6.27. The van der Waals surface area contributed by atoms with Crippen LogP contribution in [0.5, 0.6) is 5.75 Å². The molecule has 1 aliphatic rings. The number of para-hydroxylation sites is 1. The number of ether oxygens (including phenoxy) is 1. The van der Waals surface area contributed by atoms with E-state index in [0.29, 0.717) is 12.4 Å². The van der Waals surface area contributed by atoms with Gasteiger partial charge in [0, 0.05) is 6.54 Å². The van der Waals surface area contributed by atoms with E-state index in [-0.39, 0.29) is 5.56 Å². The van der Waals surface area contributed by atoms with Gasteiger partial charge in [-0.25, -0.2) is 4.79 Å². The SMILES string of the molecule is CC1CCCN(CCCOc2ccccc2C(=O)O)CC1. The molecule has 21 heavy (non-hydrogen) atoms. The van der Waals surface area contributed by atoms with Gasteiger partial charge in [-0.15, -0.1) is 0 Å². The Morgan fingerprint density at radius 1 is 1.33 bits per heavy atom. The third-order valence-electron chi connectivity index (χ3n) is 4.10. The predicted octanol–water partition coefficient (Wildman–Crippen LogP) is 3.28. The molecule has 116 valence electrons. The maximum absolute atomic E-state index is 11.1. The first-order chi connectivity index (χ1) is 10.2. The highest BCUT2D eigenvalue weighted by Crippen LogP contribution is 2.19. The van der Waals surface area contributed by atoms with Crippen molar-refractivity contribution in [3.63, 3.8) is 0 Å². The van der Waals surface area contributed by atoms with Crippen LogP contribution in [0.1, 0.15) is 43.0 Å². The Bertz CT molecular complexity index is 461. The summed E-state index contributed by atoms with van der Waals surface area (Å²) in [5, 5.41) is 9.09. The lowest BCUT2D eigenvalue weighted by atomic mass is 10.0. The molecule has 0 aromatic heterocycles. The van der Waals surface area contributed by atoms with E-state index < -0.39 is 5.97 Å². The summed E-state index contributed by atoms with van der Waals surface area (Å²) < 4.78 is 5.63. The molecule has 1 N–H and O–H groups in total. The van der Waals surface area contributed by atoms with Gasteiger partial charge in [0.1, 0.15) is 11.3 Å². The van der Waals surface area contributed by atoms with Crippen molar-refractivity contribution in [3.05, 3.63) is 29.8 Å². The van der Waals surface area contributed by atoms with Crippen molar-refractivity contribution in [2.45, 2.75) is 32.6 Å². The van der Waals surface area contributed by atoms with E-state index in [1.54, 1.807) is 24.3 Å². The van der Waals surface area contributed by atoms with Gasteiger partial charge in [0.2, 0.25) is 0 Å². The Morgan fingerprint density at radius 2 is 2.14 bits per heavy atom.